The number of carbonyl (C=O) groups excluding carboxylic acids is 1. The molecule has 0 spiro atoms. The van der Waals surface area contributed by atoms with E-state index in [0.29, 0.717) is 35.9 Å². The van der Waals surface area contributed by atoms with Crippen molar-refractivity contribution in [1.82, 2.24) is 24.8 Å². The van der Waals surface area contributed by atoms with Gasteiger partial charge in [0.2, 0.25) is 5.95 Å². The Morgan fingerprint density at radius 1 is 1.21 bits per heavy atom. The number of likely N-dealkylation sites (tertiary alicyclic amines) is 1. The molecular weight excluding hydrogens is 378 g/mol. The third-order valence-electron chi connectivity index (χ3n) is 5.21. The van der Waals surface area contributed by atoms with Crippen LogP contribution in [0.1, 0.15) is 18.7 Å². The van der Waals surface area contributed by atoms with E-state index in [1.807, 2.05) is 0 Å². The minimum atomic E-state index is 0.0855. The number of nitrogens with zero attached hydrogens (tertiary/aromatic N) is 6. The van der Waals surface area contributed by atoms with Crippen molar-refractivity contribution in [1.29, 1.82) is 0 Å². The van der Waals surface area contributed by atoms with Gasteiger partial charge in [-0.3, -0.25) is 4.79 Å². The summed E-state index contributed by atoms with van der Waals surface area (Å²) in [6.07, 6.45) is 3.69. The average Bonchev–Trinajstić information content (AvgIpc) is 3.15. The first-order chi connectivity index (χ1) is 13.6. The maximum Gasteiger partial charge on any atom is 0.229 e. The number of Topliss-reactive ketones (excluding diaryl/α,β-unsaturated/α-hetero) is 1. The van der Waals surface area contributed by atoms with Gasteiger partial charge in [-0.1, -0.05) is 11.3 Å². The lowest BCUT2D eigenvalue weighted by Gasteiger charge is -2.28. The van der Waals surface area contributed by atoms with Crippen molar-refractivity contribution in [2.45, 2.75) is 19.3 Å². The number of carbonyl (C=O) groups is 1. The van der Waals surface area contributed by atoms with E-state index in [2.05, 4.69) is 36.8 Å². The molecule has 2 N–H and O–H groups in total. The standard InChI is InChI=1S/C18H25N7O2S/c1-24-4-2-12(3-5-24)13(26)10-15-21-16(14-11-20-17(19)28-14)23-18(22-15)25-6-8-27-9-7-25/h11-12H,2-10H2,1H3,(H2,19,20). The molecule has 2 saturated heterocycles. The molecule has 0 atom stereocenters. The second-order valence-electron chi connectivity index (χ2n) is 7.26. The number of anilines is 2. The molecule has 2 aromatic rings. The van der Waals surface area contributed by atoms with E-state index in [-0.39, 0.29) is 18.1 Å². The molecule has 0 radical (unpaired) electrons. The molecule has 0 aromatic carbocycles. The molecular formula is C18H25N7O2S. The van der Waals surface area contributed by atoms with Crippen molar-refractivity contribution in [3.63, 3.8) is 0 Å². The summed E-state index contributed by atoms with van der Waals surface area (Å²) in [6, 6.07) is 0. The molecule has 4 rings (SSSR count). The number of nitrogens with two attached hydrogens (primary N) is 1. The predicted molar refractivity (Wildman–Crippen MR) is 107 cm³/mol. The second kappa shape index (κ2) is 8.46. The van der Waals surface area contributed by atoms with E-state index in [0.717, 1.165) is 43.9 Å². The highest BCUT2D eigenvalue weighted by Crippen LogP contribution is 2.26. The molecule has 2 aliphatic heterocycles. The number of hydrogen-bond acceptors (Lipinski definition) is 10. The Labute approximate surface area is 168 Å². The molecule has 0 aliphatic carbocycles. The first-order valence-electron chi connectivity index (χ1n) is 9.59. The van der Waals surface area contributed by atoms with E-state index < -0.39 is 0 Å². The summed E-state index contributed by atoms with van der Waals surface area (Å²) in [5.74, 6) is 1.93. The summed E-state index contributed by atoms with van der Waals surface area (Å²) in [7, 11) is 2.09. The lowest BCUT2D eigenvalue weighted by Crippen LogP contribution is -2.38. The lowest BCUT2D eigenvalue weighted by atomic mass is 9.91. The van der Waals surface area contributed by atoms with Crippen LogP contribution in [0.2, 0.25) is 0 Å². The first-order valence-corrected chi connectivity index (χ1v) is 10.4. The van der Waals surface area contributed by atoms with Crippen LogP contribution >= 0.6 is 11.3 Å². The average molecular weight is 404 g/mol. The number of morpholine rings is 1. The number of nitrogen functional groups attached to an aromatic ring is 1. The SMILES string of the molecule is CN1CCC(C(=O)Cc2nc(-c3cnc(N)s3)nc(N3CCOCC3)n2)CC1. The van der Waals surface area contributed by atoms with Gasteiger partial charge in [0.25, 0.3) is 0 Å². The fraction of sp³-hybridized carbons (Fsp3) is 0.611. The van der Waals surface area contributed by atoms with E-state index >= 15 is 0 Å². The molecule has 0 unspecified atom stereocenters. The molecule has 2 aliphatic rings. The fourth-order valence-corrected chi connectivity index (χ4v) is 4.14. The van der Waals surface area contributed by atoms with Crippen LogP contribution in [0.25, 0.3) is 10.7 Å². The summed E-state index contributed by atoms with van der Waals surface area (Å²) in [4.78, 5) is 35.8. The minimum absolute atomic E-state index is 0.0855. The van der Waals surface area contributed by atoms with Crippen LogP contribution in [-0.4, -0.2) is 77.1 Å². The zero-order valence-corrected chi connectivity index (χ0v) is 16.8. The first kappa shape index (κ1) is 19.2. The van der Waals surface area contributed by atoms with Gasteiger partial charge >= 0.3 is 0 Å². The zero-order valence-electron chi connectivity index (χ0n) is 16.0. The van der Waals surface area contributed by atoms with E-state index in [1.54, 1.807) is 6.20 Å². The van der Waals surface area contributed by atoms with E-state index in [9.17, 15) is 4.79 Å². The highest BCUT2D eigenvalue weighted by atomic mass is 32.1. The molecule has 150 valence electrons. The quantitative estimate of drug-likeness (QED) is 0.777. The molecule has 0 saturated carbocycles. The van der Waals surface area contributed by atoms with Crippen LogP contribution in [0.4, 0.5) is 11.1 Å². The number of ketones is 1. The van der Waals surface area contributed by atoms with Gasteiger partial charge in [0.15, 0.2) is 11.0 Å². The molecule has 2 fully saturated rings. The van der Waals surface area contributed by atoms with Crippen LogP contribution in [0, 0.1) is 5.92 Å². The summed E-state index contributed by atoms with van der Waals surface area (Å²) >= 11 is 1.33. The lowest BCUT2D eigenvalue weighted by molar-refractivity contribution is -0.123. The van der Waals surface area contributed by atoms with Gasteiger partial charge in [0.05, 0.1) is 30.7 Å². The van der Waals surface area contributed by atoms with Gasteiger partial charge in [0, 0.05) is 19.0 Å². The summed E-state index contributed by atoms with van der Waals surface area (Å²) < 4.78 is 5.43. The number of piperidine rings is 1. The van der Waals surface area contributed by atoms with Gasteiger partial charge in [-0.15, -0.1) is 0 Å². The van der Waals surface area contributed by atoms with Crippen molar-refractivity contribution in [2.75, 3.05) is 57.1 Å². The van der Waals surface area contributed by atoms with Gasteiger partial charge in [-0.25, -0.2) is 9.97 Å². The van der Waals surface area contributed by atoms with Gasteiger partial charge < -0.3 is 20.3 Å². The van der Waals surface area contributed by atoms with Crippen molar-refractivity contribution in [2.24, 2.45) is 5.92 Å². The minimum Gasteiger partial charge on any atom is -0.378 e. The Balaban J connectivity index is 1.58. The zero-order chi connectivity index (χ0) is 19.5. The molecule has 2 aromatic heterocycles. The van der Waals surface area contributed by atoms with Crippen molar-refractivity contribution >= 4 is 28.2 Å². The molecule has 0 bridgehead atoms. The van der Waals surface area contributed by atoms with E-state index in [4.69, 9.17) is 10.5 Å². The normalized spacial score (nSPS) is 19.1. The highest BCUT2D eigenvalue weighted by molar-refractivity contribution is 7.18. The number of hydrogen-bond donors (Lipinski definition) is 1. The van der Waals surface area contributed by atoms with Crippen molar-refractivity contribution in [3.05, 3.63) is 12.0 Å². The summed E-state index contributed by atoms with van der Waals surface area (Å²) in [5.41, 5.74) is 5.78. The molecule has 0 amide bonds. The van der Waals surface area contributed by atoms with Crippen molar-refractivity contribution in [3.8, 4) is 10.7 Å². The largest absolute Gasteiger partial charge is 0.378 e. The molecule has 9 nitrogen and oxygen atoms in total. The number of thiazole rings is 1. The van der Waals surface area contributed by atoms with Gasteiger partial charge in [0.1, 0.15) is 11.6 Å². The Morgan fingerprint density at radius 3 is 2.64 bits per heavy atom. The van der Waals surface area contributed by atoms with Crippen LogP contribution in [0.15, 0.2) is 6.20 Å². The fourth-order valence-electron chi connectivity index (χ4n) is 3.52. The molecule has 4 heterocycles. The monoisotopic (exact) mass is 403 g/mol. The predicted octanol–water partition coefficient (Wildman–Crippen LogP) is 0.867. The molecule has 10 heteroatoms. The topological polar surface area (TPSA) is 110 Å². The third-order valence-corrected chi connectivity index (χ3v) is 6.04. The Bertz CT molecular complexity index is 829. The summed E-state index contributed by atoms with van der Waals surface area (Å²) in [5, 5.41) is 0.465. The smallest absolute Gasteiger partial charge is 0.229 e. The van der Waals surface area contributed by atoms with Crippen LogP contribution in [0.5, 0.6) is 0 Å². The van der Waals surface area contributed by atoms with Crippen LogP contribution in [0.3, 0.4) is 0 Å². The maximum absolute atomic E-state index is 12.8. The molecule has 28 heavy (non-hydrogen) atoms. The summed E-state index contributed by atoms with van der Waals surface area (Å²) in [6.45, 7) is 4.63. The second-order valence-corrected chi connectivity index (χ2v) is 8.32. The van der Waals surface area contributed by atoms with Gasteiger partial charge in [-0.2, -0.15) is 9.97 Å². The number of ether oxygens (including phenoxy) is 1. The Kier molecular flexibility index (Phi) is 5.79. The Hall–Kier alpha value is -2.17. The van der Waals surface area contributed by atoms with Crippen LogP contribution in [-0.2, 0) is 16.0 Å². The van der Waals surface area contributed by atoms with Crippen molar-refractivity contribution < 1.29 is 9.53 Å². The third kappa shape index (κ3) is 4.45. The highest BCUT2D eigenvalue weighted by Gasteiger charge is 2.25. The van der Waals surface area contributed by atoms with Gasteiger partial charge in [-0.05, 0) is 33.0 Å². The Morgan fingerprint density at radius 2 is 1.96 bits per heavy atom. The van der Waals surface area contributed by atoms with E-state index in [1.165, 1.54) is 11.3 Å². The number of rotatable bonds is 5. The van der Waals surface area contributed by atoms with Crippen LogP contribution < -0.4 is 10.6 Å². The maximum atomic E-state index is 12.8. The number of aromatic nitrogens is 4.